The summed E-state index contributed by atoms with van der Waals surface area (Å²) in [6.07, 6.45) is 5.92. The van der Waals surface area contributed by atoms with E-state index in [4.69, 9.17) is 15.2 Å². The molecule has 0 unspecified atom stereocenters. The Labute approximate surface area is 186 Å². The third-order valence-electron chi connectivity index (χ3n) is 6.46. The average Bonchev–Trinajstić information content (AvgIpc) is 3.09. The van der Waals surface area contributed by atoms with Gasteiger partial charge in [-0.05, 0) is 37.1 Å². The highest BCUT2D eigenvalue weighted by Gasteiger charge is 2.29. The van der Waals surface area contributed by atoms with E-state index >= 15 is 0 Å². The van der Waals surface area contributed by atoms with E-state index in [1.807, 2.05) is 31.2 Å². The van der Waals surface area contributed by atoms with Crippen molar-refractivity contribution < 1.29 is 23.9 Å². The van der Waals surface area contributed by atoms with Crippen LogP contribution in [0.4, 0.5) is 0 Å². The van der Waals surface area contributed by atoms with Crippen LogP contribution in [-0.2, 0) is 20.9 Å². The molecule has 0 saturated heterocycles. The fourth-order valence-corrected chi connectivity index (χ4v) is 4.88. The lowest BCUT2D eigenvalue weighted by Crippen LogP contribution is -2.24. The molecule has 7 heteroatoms. The molecule has 0 spiro atoms. The average molecular weight is 437 g/mol. The van der Waals surface area contributed by atoms with E-state index in [2.05, 4.69) is 4.57 Å². The van der Waals surface area contributed by atoms with E-state index < -0.39 is 17.7 Å². The molecular weight excluding hydrogens is 408 g/mol. The monoisotopic (exact) mass is 436 g/mol. The minimum Gasteiger partial charge on any atom is -0.481 e. The molecule has 0 bridgehead atoms. The number of hydrogen-bond donors (Lipinski definition) is 1. The van der Waals surface area contributed by atoms with Crippen LogP contribution < -0.4 is 10.5 Å². The van der Waals surface area contributed by atoms with Gasteiger partial charge in [-0.3, -0.25) is 9.59 Å². The molecule has 7 nitrogen and oxygen atoms in total. The van der Waals surface area contributed by atoms with Crippen LogP contribution in [0.3, 0.4) is 0 Å². The van der Waals surface area contributed by atoms with E-state index in [9.17, 15) is 14.4 Å². The molecule has 32 heavy (non-hydrogen) atoms. The predicted molar refractivity (Wildman–Crippen MR) is 122 cm³/mol. The van der Waals surface area contributed by atoms with Gasteiger partial charge in [0.25, 0.3) is 11.7 Å². The number of rotatable bonds is 7. The van der Waals surface area contributed by atoms with E-state index in [1.54, 1.807) is 6.07 Å². The second kappa shape index (κ2) is 9.02. The Morgan fingerprint density at radius 2 is 1.84 bits per heavy atom. The number of amides is 1. The van der Waals surface area contributed by atoms with Crippen molar-refractivity contribution in [2.24, 2.45) is 11.7 Å². The number of ether oxygens (including phenoxy) is 2. The summed E-state index contributed by atoms with van der Waals surface area (Å²) >= 11 is 0. The summed E-state index contributed by atoms with van der Waals surface area (Å²) in [4.78, 5) is 36.6. The summed E-state index contributed by atoms with van der Waals surface area (Å²) in [6.45, 7) is 2.29. The first-order valence-corrected chi connectivity index (χ1v) is 11.0. The molecule has 4 rings (SSSR count). The van der Waals surface area contributed by atoms with Gasteiger partial charge in [-0.2, -0.15) is 0 Å². The molecule has 1 saturated carbocycles. The van der Waals surface area contributed by atoms with Crippen LogP contribution >= 0.6 is 0 Å². The van der Waals surface area contributed by atoms with Gasteiger partial charge in [0.05, 0.1) is 23.6 Å². The third-order valence-corrected chi connectivity index (χ3v) is 6.46. The van der Waals surface area contributed by atoms with Gasteiger partial charge in [0.2, 0.25) is 0 Å². The fraction of sp³-hybridized carbons (Fsp3) is 0.400. The highest BCUT2D eigenvalue weighted by Crippen LogP contribution is 2.40. The number of carbonyl (C=O) groups excluding carboxylic acids is 3. The van der Waals surface area contributed by atoms with Crippen molar-refractivity contribution in [1.82, 2.24) is 4.57 Å². The summed E-state index contributed by atoms with van der Waals surface area (Å²) in [7, 11) is 1.29. The van der Waals surface area contributed by atoms with Crippen LogP contribution in [0.2, 0.25) is 0 Å². The number of nitrogens with two attached hydrogens (primary N) is 1. The predicted octanol–water partition coefficient (Wildman–Crippen LogP) is 3.90. The van der Waals surface area contributed by atoms with Crippen LogP contribution in [0.5, 0.6) is 5.75 Å². The number of hydrogen-bond acceptors (Lipinski definition) is 5. The highest BCUT2D eigenvalue weighted by atomic mass is 16.6. The summed E-state index contributed by atoms with van der Waals surface area (Å²) in [5.41, 5.74) is 7.18. The molecule has 0 radical (unpaired) electrons. The van der Waals surface area contributed by atoms with Gasteiger partial charge in [0.15, 0.2) is 6.61 Å². The van der Waals surface area contributed by atoms with Gasteiger partial charge in [0.1, 0.15) is 5.75 Å². The number of carbonyl (C=O) groups is 3. The SMILES string of the molecule is COC(=O)COc1cc2ccccc2c2c1c(C(=O)C(N)=O)c(C)n2CC1CCCCC1. The Kier molecular flexibility index (Phi) is 6.17. The summed E-state index contributed by atoms with van der Waals surface area (Å²) in [5, 5.41) is 2.39. The van der Waals surface area contributed by atoms with Gasteiger partial charge in [0, 0.05) is 17.6 Å². The molecule has 0 atom stereocenters. The number of benzene rings is 2. The van der Waals surface area contributed by atoms with Gasteiger partial charge < -0.3 is 19.8 Å². The van der Waals surface area contributed by atoms with E-state index in [-0.39, 0.29) is 12.2 Å². The van der Waals surface area contributed by atoms with Crippen LogP contribution in [0.15, 0.2) is 30.3 Å². The number of aromatic nitrogens is 1. The van der Waals surface area contributed by atoms with Crippen molar-refractivity contribution in [2.45, 2.75) is 45.6 Å². The molecule has 2 aromatic carbocycles. The van der Waals surface area contributed by atoms with Crippen LogP contribution in [0, 0.1) is 12.8 Å². The first kappa shape index (κ1) is 21.9. The second-order valence-corrected chi connectivity index (χ2v) is 8.45. The molecule has 3 aromatic rings. The molecule has 0 aliphatic heterocycles. The molecule has 1 aliphatic rings. The van der Waals surface area contributed by atoms with E-state index in [0.717, 1.165) is 35.7 Å². The van der Waals surface area contributed by atoms with Gasteiger partial charge >= 0.3 is 5.97 Å². The molecule has 1 fully saturated rings. The maximum Gasteiger partial charge on any atom is 0.343 e. The fourth-order valence-electron chi connectivity index (χ4n) is 4.88. The van der Waals surface area contributed by atoms with Crippen LogP contribution in [0.1, 0.15) is 48.2 Å². The second-order valence-electron chi connectivity index (χ2n) is 8.45. The van der Waals surface area contributed by atoms with Crippen molar-refractivity contribution in [3.05, 3.63) is 41.6 Å². The van der Waals surface area contributed by atoms with Gasteiger partial charge in [-0.25, -0.2) is 4.79 Å². The standard InChI is InChI=1S/C25H28N2O5/c1-15-21(24(29)25(26)30)22-19(32-14-20(28)31-2)12-17-10-6-7-11-18(17)23(22)27(15)13-16-8-4-3-5-9-16/h6-7,10-12,16H,3-5,8-9,13-14H2,1-2H3,(H2,26,30). The lowest BCUT2D eigenvalue weighted by atomic mass is 9.89. The molecule has 1 heterocycles. The first-order valence-electron chi connectivity index (χ1n) is 11.0. The zero-order valence-electron chi connectivity index (χ0n) is 18.5. The smallest absolute Gasteiger partial charge is 0.343 e. The Morgan fingerprint density at radius 3 is 2.53 bits per heavy atom. The van der Waals surface area contributed by atoms with Crippen molar-refractivity contribution in [3.63, 3.8) is 0 Å². The number of fused-ring (bicyclic) bond motifs is 3. The third kappa shape index (κ3) is 3.95. The Bertz CT molecular complexity index is 1200. The first-order chi connectivity index (χ1) is 15.4. The summed E-state index contributed by atoms with van der Waals surface area (Å²) in [5.74, 6) is -1.45. The lowest BCUT2D eigenvalue weighted by Gasteiger charge is -2.23. The molecule has 168 valence electrons. The molecule has 1 aliphatic carbocycles. The van der Waals surface area contributed by atoms with Crippen LogP contribution in [-0.4, -0.2) is 35.9 Å². The zero-order chi connectivity index (χ0) is 22.8. The van der Waals surface area contributed by atoms with E-state index in [1.165, 1.54) is 26.4 Å². The molecule has 2 N–H and O–H groups in total. The van der Waals surface area contributed by atoms with Gasteiger partial charge in [-0.15, -0.1) is 0 Å². The minimum atomic E-state index is -1.02. The number of ketones is 1. The molecule has 1 amide bonds. The van der Waals surface area contributed by atoms with Crippen molar-refractivity contribution >= 4 is 39.3 Å². The molecular formula is C25H28N2O5. The Balaban J connectivity index is 2.00. The van der Waals surface area contributed by atoms with Crippen molar-refractivity contribution in [1.29, 1.82) is 0 Å². The summed E-state index contributed by atoms with van der Waals surface area (Å²) < 4.78 is 12.7. The molecule has 1 aromatic heterocycles. The number of Topliss-reactive ketones (excluding diaryl/α,β-unsaturated/α-hetero) is 1. The minimum absolute atomic E-state index is 0.244. The number of primary amides is 1. The van der Waals surface area contributed by atoms with Gasteiger partial charge in [-0.1, -0.05) is 43.5 Å². The maximum atomic E-state index is 12.9. The largest absolute Gasteiger partial charge is 0.481 e. The van der Waals surface area contributed by atoms with Crippen molar-refractivity contribution in [2.75, 3.05) is 13.7 Å². The zero-order valence-corrected chi connectivity index (χ0v) is 18.5. The van der Waals surface area contributed by atoms with Crippen molar-refractivity contribution in [3.8, 4) is 5.75 Å². The summed E-state index contributed by atoms with van der Waals surface area (Å²) in [6, 6.07) is 9.62. The maximum absolute atomic E-state index is 12.9. The number of nitrogens with zero attached hydrogens (tertiary/aromatic N) is 1. The highest BCUT2D eigenvalue weighted by molar-refractivity contribution is 6.45. The Hall–Kier alpha value is -3.35. The van der Waals surface area contributed by atoms with Crippen LogP contribution in [0.25, 0.3) is 21.7 Å². The lowest BCUT2D eigenvalue weighted by molar-refractivity contribution is -0.142. The number of esters is 1. The normalized spacial score (nSPS) is 14.6. The number of methoxy groups -OCH3 is 1. The Morgan fingerprint density at radius 1 is 1.12 bits per heavy atom. The quantitative estimate of drug-likeness (QED) is 0.344. The van der Waals surface area contributed by atoms with E-state index in [0.29, 0.717) is 22.7 Å². The topological polar surface area (TPSA) is 101 Å².